The first-order valence-corrected chi connectivity index (χ1v) is 8.77. The SMILES string of the molecule is CN(CC(C)(C)CN)S(=O)(=O)c1ccc2c(c1)n(C)c(=O)n2C. The fourth-order valence-electron chi connectivity index (χ4n) is 2.58. The van der Waals surface area contributed by atoms with Gasteiger partial charge >= 0.3 is 5.69 Å². The summed E-state index contributed by atoms with van der Waals surface area (Å²) in [6.07, 6.45) is 0. The van der Waals surface area contributed by atoms with Crippen LogP contribution in [0.25, 0.3) is 11.0 Å². The van der Waals surface area contributed by atoms with Crippen molar-refractivity contribution in [2.24, 2.45) is 25.2 Å². The minimum Gasteiger partial charge on any atom is -0.330 e. The summed E-state index contributed by atoms with van der Waals surface area (Å²) in [6, 6.07) is 4.73. The quantitative estimate of drug-likeness (QED) is 0.857. The number of hydrogen-bond acceptors (Lipinski definition) is 4. The number of aryl methyl sites for hydroxylation is 2. The lowest BCUT2D eigenvalue weighted by Crippen LogP contribution is -2.39. The molecule has 23 heavy (non-hydrogen) atoms. The Bertz CT molecular complexity index is 893. The van der Waals surface area contributed by atoms with Crippen LogP contribution < -0.4 is 11.4 Å². The number of hydrogen-bond donors (Lipinski definition) is 1. The first kappa shape index (κ1) is 17.7. The van der Waals surface area contributed by atoms with E-state index >= 15 is 0 Å². The van der Waals surface area contributed by atoms with E-state index in [0.717, 1.165) is 0 Å². The predicted octanol–water partition coefficient (Wildman–Crippen LogP) is 0.482. The van der Waals surface area contributed by atoms with Crippen LogP contribution in [0.15, 0.2) is 27.9 Å². The topological polar surface area (TPSA) is 90.3 Å². The highest BCUT2D eigenvalue weighted by Crippen LogP contribution is 2.23. The maximum absolute atomic E-state index is 12.8. The minimum absolute atomic E-state index is 0.168. The second-order valence-corrected chi connectivity index (χ2v) is 8.73. The standard InChI is InChI=1S/C15H24N4O3S/c1-15(2,9-16)10-17(3)23(21,22)11-6-7-12-13(8-11)19(5)14(20)18(12)4/h6-8H,9-10,16H2,1-5H3. The zero-order chi connectivity index (χ0) is 17.6. The number of aromatic nitrogens is 2. The smallest absolute Gasteiger partial charge is 0.328 e. The van der Waals surface area contributed by atoms with Crippen molar-refractivity contribution in [2.45, 2.75) is 18.7 Å². The van der Waals surface area contributed by atoms with Gasteiger partial charge in [-0.25, -0.2) is 17.5 Å². The highest BCUT2D eigenvalue weighted by atomic mass is 32.2. The first-order chi connectivity index (χ1) is 10.5. The van der Waals surface area contributed by atoms with Gasteiger partial charge in [0.1, 0.15) is 0 Å². The second kappa shape index (κ2) is 5.77. The van der Waals surface area contributed by atoms with E-state index in [-0.39, 0.29) is 16.0 Å². The first-order valence-electron chi connectivity index (χ1n) is 7.33. The molecule has 2 N–H and O–H groups in total. The Morgan fingerprint density at radius 1 is 1.17 bits per heavy atom. The van der Waals surface area contributed by atoms with Gasteiger partial charge in [-0.3, -0.25) is 9.13 Å². The van der Waals surface area contributed by atoms with Crippen molar-refractivity contribution in [2.75, 3.05) is 20.1 Å². The summed E-state index contributed by atoms with van der Waals surface area (Å²) in [5.74, 6) is 0. The van der Waals surface area contributed by atoms with E-state index in [1.165, 1.54) is 25.6 Å². The maximum Gasteiger partial charge on any atom is 0.328 e. The predicted molar refractivity (Wildman–Crippen MR) is 90.8 cm³/mol. The molecule has 1 heterocycles. The number of fused-ring (bicyclic) bond motifs is 1. The van der Waals surface area contributed by atoms with Gasteiger partial charge in [-0.2, -0.15) is 0 Å². The van der Waals surface area contributed by atoms with Crippen molar-refractivity contribution in [1.82, 2.24) is 13.4 Å². The summed E-state index contributed by atoms with van der Waals surface area (Å²) in [4.78, 5) is 12.1. The Hall–Kier alpha value is -1.64. The third kappa shape index (κ3) is 3.06. The molecule has 0 aliphatic heterocycles. The van der Waals surface area contributed by atoms with Crippen LogP contribution in [0.1, 0.15) is 13.8 Å². The van der Waals surface area contributed by atoms with E-state index in [4.69, 9.17) is 5.73 Å². The molecule has 1 aromatic heterocycles. The van der Waals surface area contributed by atoms with E-state index in [1.807, 2.05) is 13.8 Å². The summed E-state index contributed by atoms with van der Waals surface area (Å²) in [5.41, 5.74) is 6.47. The molecule has 1 aromatic carbocycles. The summed E-state index contributed by atoms with van der Waals surface area (Å²) < 4.78 is 29.8. The number of rotatable bonds is 5. The Morgan fingerprint density at radius 3 is 2.30 bits per heavy atom. The van der Waals surface area contributed by atoms with Gasteiger partial charge in [-0.1, -0.05) is 13.8 Å². The van der Waals surface area contributed by atoms with Gasteiger partial charge in [-0.05, 0) is 30.2 Å². The lowest BCUT2D eigenvalue weighted by molar-refractivity contribution is 0.292. The average molecular weight is 340 g/mol. The number of sulfonamides is 1. The van der Waals surface area contributed by atoms with Crippen molar-refractivity contribution in [1.29, 1.82) is 0 Å². The molecule has 0 atom stereocenters. The molecule has 0 fully saturated rings. The molecular weight excluding hydrogens is 316 g/mol. The van der Waals surface area contributed by atoms with Gasteiger partial charge in [0.25, 0.3) is 0 Å². The van der Waals surface area contributed by atoms with Crippen molar-refractivity contribution < 1.29 is 8.42 Å². The van der Waals surface area contributed by atoms with Crippen LogP contribution in [0.5, 0.6) is 0 Å². The maximum atomic E-state index is 12.8. The third-order valence-electron chi connectivity index (χ3n) is 4.15. The molecule has 8 heteroatoms. The Morgan fingerprint density at radius 2 is 1.74 bits per heavy atom. The molecule has 7 nitrogen and oxygen atoms in total. The number of benzene rings is 1. The summed E-state index contributed by atoms with van der Waals surface area (Å²) >= 11 is 0. The van der Waals surface area contributed by atoms with Gasteiger partial charge in [-0.15, -0.1) is 0 Å². The summed E-state index contributed by atoms with van der Waals surface area (Å²) in [5, 5.41) is 0. The molecule has 2 aromatic rings. The molecular formula is C15H24N4O3S. The van der Waals surface area contributed by atoms with Crippen LogP contribution in [0.4, 0.5) is 0 Å². The van der Waals surface area contributed by atoms with Crippen LogP contribution in [0, 0.1) is 5.41 Å². The fourth-order valence-corrected chi connectivity index (χ4v) is 3.96. The third-order valence-corrected chi connectivity index (χ3v) is 5.95. The minimum atomic E-state index is -3.64. The molecule has 0 radical (unpaired) electrons. The lowest BCUT2D eigenvalue weighted by Gasteiger charge is -2.28. The zero-order valence-corrected chi connectivity index (χ0v) is 15.0. The van der Waals surface area contributed by atoms with E-state index in [2.05, 4.69) is 0 Å². The van der Waals surface area contributed by atoms with Gasteiger partial charge in [0.2, 0.25) is 10.0 Å². The average Bonchev–Trinajstić information content (AvgIpc) is 2.71. The fraction of sp³-hybridized carbons (Fsp3) is 0.533. The summed E-state index contributed by atoms with van der Waals surface area (Å²) in [7, 11) is 1.19. The van der Waals surface area contributed by atoms with Crippen molar-refractivity contribution in [3.05, 3.63) is 28.7 Å². The highest BCUT2D eigenvalue weighted by molar-refractivity contribution is 7.89. The number of nitrogens with zero attached hydrogens (tertiary/aromatic N) is 3. The Labute approximate surface area is 136 Å². The van der Waals surface area contributed by atoms with Gasteiger partial charge in [0.15, 0.2) is 0 Å². The van der Waals surface area contributed by atoms with Crippen LogP contribution in [-0.2, 0) is 24.1 Å². The largest absolute Gasteiger partial charge is 0.330 e. The van der Waals surface area contributed by atoms with E-state index in [1.54, 1.807) is 27.2 Å². The molecule has 0 aliphatic rings. The van der Waals surface area contributed by atoms with Crippen LogP contribution in [0.2, 0.25) is 0 Å². The summed E-state index contributed by atoms with van der Waals surface area (Å²) in [6.45, 7) is 4.54. The molecule has 0 saturated carbocycles. The zero-order valence-electron chi connectivity index (χ0n) is 14.2. The second-order valence-electron chi connectivity index (χ2n) is 6.68. The van der Waals surface area contributed by atoms with Crippen LogP contribution >= 0.6 is 0 Å². The number of imidazole rings is 1. The van der Waals surface area contributed by atoms with Gasteiger partial charge < -0.3 is 5.73 Å². The normalized spacial score (nSPS) is 13.2. The molecule has 2 rings (SSSR count). The van der Waals surface area contributed by atoms with Gasteiger partial charge in [0.05, 0.1) is 15.9 Å². The van der Waals surface area contributed by atoms with E-state index < -0.39 is 10.0 Å². The van der Waals surface area contributed by atoms with E-state index in [0.29, 0.717) is 24.1 Å². The monoisotopic (exact) mass is 340 g/mol. The van der Waals surface area contributed by atoms with Crippen molar-refractivity contribution in [3.8, 4) is 0 Å². The lowest BCUT2D eigenvalue weighted by atomic mass is 9.94. The molecule has 0 aliphatic carbocycles. The van der Waals surface area contributed by atoms with Crippen LogP contribution in [-0.4, -0.2) is 42.0 Å². The Kier molecular flexibility index (Phi) is 4.44. The molecule has 0 spiro atoms. The van der Waals surface area contributed by atoms with Crippen molar-refractivity contribution >= 4 is 21.1 Å². The van der Waals surface area contributed by atoms with E-state index in [9.17, 15) is 13.2 Å². The van der Waals surface area contributed by atoms with Crippen LogP contribution in [0.3, 0.4) is 0 Å². The highest BCUT2D eigenvalue weighted by Gasteiger charge is 2.27. The molecule has 0 amide bonds. The van der Waals surface area contributed by atoms with Gasteiger partial charge in [0, 0.05) is 27.7 Å². The molecule has 0 saturated heterocycles. The number of nitrogens with two attached hydrogens (primary N) is 1. The van der Waals surface area contributed by atoms with Crippen molar-refractivity contribution in [3.63, 3.8) is 0 Å². The Balaban J connectivity index is 2.50. The molecule has 0 unspecified atom stereocenters. The molecule has 128 valence electrons. The molecule has 0 bridgehead atoms.